The molecule has 0 bridgehead atoms. The molecule has 2 aromatic carbocycles. The van der Waals surface area contributed by atoms with E-state index >= 15 is 0 Å². The second-order valence-electron chi connectivity index (χ2n) is 6.70. The van der Waals surface area contributed by atoms with Gasteiger partial charge in [-0.1, -0.05) is 60.0 Å². The van der Waals surface area contributed by atoms with Crippen LogP contribution in [0.4, 0.5) is 0 Å². The molecule has 1 heterocycles. The van der Waals surface area contributed by atoms with Gasteiger partial charge in [0.2, 0.25) is 0 Å². The molecule has 0 saturated heterocycles. The van der Waals surface area contributed by atoms with Crippen molar-refractivity contribution in [3.63, 3.8) is 0 Å². The number of aromatic amines is 1. The van der Waals surface area contributed by atoms with Gasteiger partial charge in [-0.25, -0.2) is 0 Å². The van der Waals surface area contributed by atoms with Gasteiger partial charge in [-0.3, -0.25) is 0 Å². The van der Waals surface area contributed by atoms with Gasteiger partial charge in [0.1, 0.15) is 0 Å². The van der Waals surface area contributed by atoms with Crippen LogP contribution in [0.1, 0.15) is 43.0 Å². The van der Waals surface area contributed by atoms with Gasteiger partial charge in [-0.2, -0.15) is 0 Å². The van der Waals surface area contributed by atoms with Gasteiger partial charge in [-0.15, -0.1) is 0 Å². The molecule has 3 aromatic rings. The summed E-state index contributed by atoms with van der Waals surface area (Å²) in [6.07, 6.45) is 5.39. The van der Waals surface area contributed by atoms with E-state index < -0.39 is 0 Å². The zero-order valence-electron chi connectivity index (χ0n) is 12.3. The minimum Gasteiger partial charge on any atom is -0.355 e. The predicted molar refractivity (Wildman–Crippen MR) is 94.0 cm³/mol. The predicted octanol–water partition coefficient (Wildman–Crippen LogP) is 6.34. The van der Waals surface area contributed by atoms with Crippen molar-refractivity contribution < 1.29 is 0 Å². The molecule has 1 atom stereocenters. The lowest BCUT2D eigenvalue weighted by Crippen LogP contribution is -2.17. The summed E-state index contributed by atoms with van der Waals surface area (Å²) in [6, 6.07) is 15.4. The number of para-hydroxylation sites is 1. The zero-order chi connectivity index (χ0) is 14.4. The van der Waals surface area contributed by atoms with Gasteiger partial charge in [0.05, 0.1) is 0 Å². The van der Waals surface area contributed by atoms with E-state index in [1.165, 1.54) is 53.1 Å². The maximum Gasteiger partial charge on any atom is 0.0465 e. The molecule has 1 aromatic heterocycles. The van der Waals surface area contributed by atoms with Crippen LogP contribution in [0.3, 0.4) is 0 Å². The quantitative estimate of drug-likeness (QED) is 0.523. The highest BCUT2D eigenvalue weighted by atomic mass is 79.9. The van der Waals surface area contributed by atoms with Crippen molar-refractivity contribution in [3.05, 3.63) is 48.0 Å². The highest BCUT2D eigenvalue weighted by molar-refractivity contribution is 9.09. The fourth-order valence-corrected chi connectivity index (χ4v) is 4.60. The molecule has 1 unspecified atom stereocenters. The molecule has 21 heavy (non-hydrogen) atoms. The van der Waals surface area contributed by atoms with Crippen molar-refractivity contribution in [2.75, 3.05) is 0 Å². The highest BCUT2D eigenvalue weighted by Gasteiger charge is 2.36. The van der Waals surface area contributed by atoms with E-state index in [1.807, 2.05) is 0 Å². The molecule has 1 aliphatic carbocycles. The van der Waals surface area contributed by atoms with Gasteiger partial charge in [0.15, 0.2) is 0 Å². The van der Waals surface area contributed by atoms with E-state index in [0.29, 0.717) is 10.2 Å². The Hall–Kier alpha value is -1.28. The molecule has 0 radical (unpaired) electrons. The molecule has 1 fully saturated rings. The monoisotopic (exact) mass is 341 g/mol. The van der Waals surface area contributed by atoms with E-state index in [0.717, 1.165) is 0 Å². The van der Waals surface area contributed by atoms with Gasteiger partial charge >= 0.3 is 0 Å². The van der Waals surface area contributed by atoms with Crippen molar-refractivity contribution in [1.29, 1.82) is 0 Å². The molecule has 1 saturated carbocycles. The van der Waals surface area contributed by atoms with E-state index in [4.69, 9.17) is 0 Å². The van der Waals surface area contributed by atoms with Crippen LogP contribution in [0.15, 0.2) is 42.5 Å². The summed E-state index contributed by atoms with van der Waals surface area (Å²) < 4.78 is 0. The smallest absolute Gasteiger partial charge is 0.0465 e. The number of H-pyrrole nitrogens is 1. The van der Waals surface area contributed by atoms with Gasteiger partial charge in [0, 0.05) is 26.6 Å². The summed E-state index contributed by atoms with van der Waals surface area (Å²) >= 11 is 4.00. The van der Waals surface area contributed by atoms with Crippen molar-refractivity contribution in [1.82, 2.24) is 4.98 Å². The first-order chi connectivity index (χ1) is 10.2. The Kier molecular flexibility index (Phi) is 3.11. The number of benzene rings is 2. The number of nitrogens with one attached hydrogen (secondary N) is 1. The van der Waals surface area contributed by atoms with E-state index in [1.54, 1.807) is 0 Å². The lowest BCUT2D eigenvalue weighted by Gasteiger charge is -2.30. The number of hydrogen-bond donors (Lipinski definition) is 1. The summed E-state index contributed by atoms with van der Waals surface area (Å²) in [5.41, 5.74) is 4.27. The van der Waals surface area contributed by atoms with Crippen LogP contribution in [0.25, 0.3) is 21.8 Å². The van der Waals surface area contributed by atoms with E-state index in [9.17, 15) is 0 Å². The summed E-state index contributed by atoms with van der Waals surface area (Å²) in [5, 5.41) is 2.67. The minimum atomic E-state index is 0.403. The van der Waals surface area contributed by atoms with Crippen molar-refractivity contribution in [2.24, 2.45) is 5.41 Å². The summed E-state index contributed by atoms with van der Waals surface area (Å²) in [4.78, 5) is 3.96. The average Bonchev–Trinajstić information content (AvgIpc) is 3.10. The van der Waals surface area contributed by atoms with Crippen LogP contribution >= 0.6 is 15.9 Å². The second kappa shape index (κ2) is 4.88. The Morgan fingerprint density at radius 1 is 1.00 bits per heavy atom. The van der Waals surface area contributed by atoms with Crippen LogP contribution in [-0.4, -0.2) is 4.98 Å². The Morgan fingerprint density at radius 2 is 1.71 bits per heavy atom. The molecule has 1 aliphatic rings. The van der Waals surface area contributed by atoms with Gasteiger partial charge in [-0.05, 0) is 42.0 Å². The van der Waals surface area contributed by atoms with Crippen LogP contribution in [0, 0.1) is 5.41 Å². The number of alkyl halides is 1. The maximum absolute atomic E-state index is 4.00. The second-order valence-corrected chi connectivity index (χ2v) is 7.61. The lowest BCUT2D eigenvalue weighted by atomic mass is 9.82. The number of rotatable bonds is 2. The molecule has 1 N–H and O–H groups in total. The molecule has 2 heteroatoms. The molecular formula is C19H20BrN. The first kappa shape index (κ1) is 13.4. The third kappa shape index (κ3) is 2.12. The summed E-state index contributed by atoms with van der Waals surface area (Å²) in [5.74, 6) is 0. The molecule has 0 amide bonds. The number of hydrogen-bond acceptors (Lipinski definition) is 0. The lowest BCUT2D eigenvalue weighted by molar-refractivity contribution is 0.331. The molecule has 0 aliphatic heterocycles. The van der Waals surface area contributed by atoms with Crippen LogP contribution < -0.4 is 0 Å². The number of fused-ring (bicyclic) bond motifs is 3. The first-order valence-corrected chi connectivity index (χ1v) is 8.73. The molecule has 4 rings (SSSR count). The number of aromatic nitrogens is 1. The van der Waals surface area contributed by atoms with Crippen molar-refractivity contribution in [3.8, 4) is 0 Å². The van der Waals surface area contributed by atoms with Crippen LogP contribution in [-0.2, 0) is 0 Å². The molecule has 1 nitrogen and oxygen atoms in total. The summed E-state index contributed by atoms with van der Waals surface area (Å²) in [7, 11) is 0. The summed E-state index contributed by atoms with van der Waals surface area (Å²) in [6.45, 7) is 2.43. The van der Waals surface area contributed by atoms with E-state index in [-0.39, 0.29) is 0 Å². The third-order valence-electron chi connectivity index (χ3n) is 5.18. The largest absolute Gasteiger partial charge is 0.355 e. The van der Waals surface area contributed by atoms with Gasteiger partial charge < -0.3 is 4.98 Å². The van der Waals surface area contributed by atoms with Crippen LogP contribution in [0.5, 0.6) is 0 Å². The third-order valence-corrected chi connectivity index (χ3v) is 6.81. The first-order valence-electron chi connectivity index (χ1n) is 7.82. The van der Waals surface area contributed by atoms with Gasteiger partial charge in [0.25, 0.3) is 0 Å². The fraction of sp³-hybridized carbons (Fsp3) is 0.368. The fourth-order valence-electron chi connectivity index (χ4n) is 3.86. The Morgan fingerprint density at radius 3 is 2.52 bits per heavy atom. The maximum atomic E-state index is 4.00. The standard InChI is InChI=1S/C19H20BrN/c1-19(10-4-5-11-19)18(20)13-8-9-17-15(12-13)14-6-2-3-7-16(14)21-17/h2-3,6-9,12,18,21H,4-5,10-11H2,1H3. The normalized spacial score (nSPS) is 19.3. The Labute approximate surface area is 133 Å². The molecular weight excluding hydrogens is 322 g/mol. The zero-order valence-corrected chi connectivity index (χ0v) is 13.9. The Bertz CT molecular complexity index is 796. The Balaban J connectivity index is 1.84. The van der Waals surface area contributed by atoms with Crippen LogP contribution in [0.2, 0.25) is 0 Å². The van der Waals surface area contributed by atoms with Crippen molar-refractivity contribution in [2.45, 2.75) is 37.4 Å². The highest BCUT2D eigenvalue weighted by Crippen LogP contribution is 2.51. The average molecular weight is 342 g/mol. The molecule has 108 valence electrons. The minimum absolute atomic E-state index is 0.403. The topological polar surface area (TPSA) is 15.8 Å². The number of halogens is 1. The van der Waals surface area contributed by atoms with E-state index in [2.05, 4.69) is 70.3 Å². The SMILES string of the molecule is CC1(C(Br)c2ccc3[nH]c4ccccc4c3c2)CCCC1. The van der Waals surface area contributed by atoms with Crippen molar-refractivity contribution >= 4 is 37.7 Å². The molecule has 0 spiro atoms.